The lowest BCUT2D eigenvalue weighted by Crippen LogP contribution is -2.17. The van der Waals surface area contributed by atoms with Crippen molar-refractivity contribution < 1.29 is 18.3 Å². The Balaban J connectivity index is 2.55. The third-order valence-corrected chi connectivity index (χ3v) is 5.36. The lowest BCUT2D eigenvalue weighted by molar-refractivity contribution is 0.0699. The monoisotopic (exact) mass is 320 g/mol. The van der Waals surface area contributed by atoms with Gasteiger partial charge in [0, 0.05) is 16.7 Å². The highest BCUT2D eigenvalue weighted by atomic mass is 32.2. The molecule has 1 N–H and O–H groups in total. The number of carbonyl (C=O) groups is 1. The largest absolute Gasteiger partial charge is 0.478 e. The number of hydrogen-bond donors (Lipinski definition) is 1. The molecule has 1 aromatic heterocycles. The van der Waals surface area contributed by atoms with Crippen LogP contribution in [0, 0.1) is 0 Å². The molecule has 0 spiro atoms. The van der Waals surface area contributed by atoms with Crippen LogP contribution in [0.3, 0.4) is 0 Å². The predicted molar refractivity (Wildman–Crippen MR) is 81.7 cm³/mol. The van der Waals surface area contributed by atoms with Crippen LogP contribution in [0.15, 0.2) is 29.1 Å². The maximum atomic E-state index is 12.5. The van der Waals surface area contributed by atoms with Crippen molar-refractivity contribution in [1.82, 2.24) is 0 Å². The zero-order valence-corrected chi connectivity index (χ0v) is 12.1. The van der Waals surface area contributed by atoms with E-state index in [1.165, 1.54) is 6.07 Å². The second-order valence-electron chi connectivity index (χ2n) is 4.42. The first-order valence-corrected chi connectivity index (χ1v) is 7.85. The SMILES string of the molecule is O=C(O)c1cccc2sc3c(c(=O)c12)C=CCC3=S(=O)=O. The molecule has 0 amide bonds. The number of fused-ring (bicyclic) bond motifs is 2. The first-order valence-electron chi connectivity index (χ1n) is 5.96. The van der Waals surface area contributed by atoms with Crippen LogP contribution >= 0.6 is 11.3 Å². The summed E-state index contributed by atoms with van der Waals surface area (Å²) in [6.45, 7) is 0. The molecule has 7 heteroatoms. The molecule has 0 bridgehead atoms. The van der Waals surface area contributed by atoms with E-state index in [0.717, 1.165) is 11.3 Å². The van der Waals surface area contributed by atoms with Gasteiger partial charge in [0.1, 0.15) is 0 Å². The molecule has 0 aliphatic heterocycles. The lowest BCUT2D eigenvalue weighted by atomic mass is 10.0. The number of carboxylic acids is 1. The normalized spacial score (nSPS) is 13.2. The Morgan fingerprint density at radius 2 is 2.05 bits per heavy atom. The van der Waals surface area contributed by atoms with Crippen molar-refractivity contribution in [3.05, 3.63) is 50.5 Å². The minimum atomic E-state index is -2.41. The molecule has 0 fully saturated rings. The van der Waals surface area contributed by atoms with Crippen LogP contribution in [-0.4, -0.2) is 24.4 Å². The molecular weight excluding hydrogens is 312 g/mol. The lowest BCUT2D eigenvalue weighted by Gasteiger charge is -2.11. The average Bonchev–Trinajstić information content (AvgIpc) is 2.46. The Morgan fingerprint density at radius 3 is 2.71 bits per heavy atom. The highest BCUT2D eigenvalue weighted by Crippen LogP contribution is 2.28. The highest BCUT2D eigenvalue weighted by Gasteiger charge is 2.21. The summed E-state index contributed by atoms with van der Waals surface area (Å²) in [7, 11) is -2.41. The molecule has 106 valence electrons. The Hall–Kier alpha value is -2.25. The van der Waals surface area contributed by atoms with Crippen LogP contribution in [0.2, 0.25) is 0 Å². The number of rotatable bonds is 1. The summed E-state index contributed by atoms with van der Waals surface area (Å²) in [5.41, 5.74) is -0.275. The highest BCUT2D eigenvalue weighted by molar-refractivity contribution is 7.74. The number of hydrogen-bond acceptors (Lipinski definition) is 5. The van der Waals surface area contributed by atoms with Crippen LogP contribution < -0.4 is 5.43 Å². The van der Waals surface area contributed by atoms with Crippen LogP contribution in [0.25, 0.3) is 16.2 Å². The standard InChI is InChI=1S/C14H8O5S2/c15-12-8-4-2-6-10(21(18)19)13(8)20-9-5-1-3-7(11(9)12)14(16)17/h1-5H,6H2,(H,16,17). The molecule has 1 aromatic carbocycles. The summed E-state index contributed by atoms with van der Waals surface area (Å²) in [6, 6.07) is 4.53. The van der Waals surface area contributed by atoms with E-state index < -0.39 is 21.7 Å². The fourth-order valence-corrected chi connectivity index (χ4v) is 4.27. The summed E-state index contributed by atoms with van der Waals surface area (Å²) in [5.74, 6) is -1.18. The summed E-state index contributed by atoms with van der Waals surface area (Å²) in [5, 5.41) is 9.32. The van der Waals surface area contributed by atoms with E-state index in [9.17, 15) is 23.1 Å². The van der Waals surface area contributed by atoms with Crippen molar-refractivity contribution in [3.63, 3.8) is 0 Å². The van der Waals surface area contributed by atoms with Gasteiger partial charge in [0.2, 0.25) is 10.3 Å². The van der Waals surface area contributed by atoms with Crippen LogP contribution in [0.5, 0.6) is 0 Å². The molecule has 1 aliphatic carbocycles. The first kappa shape index (κ1) is 13.7. The van der Waals surface area contributed by atoms with Gasteiger partial charge in [-0.2, -0.15) is 8.42 Å². The van der Waals surface area contributed by atoms with E-state index in [4.69, 9.17) is 0 Å². The average molecular weight is 320 g/mol. The summed E-state index contributed by atoms with van der Waals surface area (Å²) < 4.78 is 23.0. The molecule has 3 rings (SSSR count). The van der Waals surface area contributed by atoms with Gasteiger partial charge in [-0.25, -0.2) is 4.79 Å². The van der Waals surface area contributed by atoms with Crippen molar-refractivity contribution in [3.8, 4) is 0 Å². The topological polar surface area (TPSA) is 88.5 Å². The molecular formula is C14H8O5S2. The van der Waals surface area contributed by atoms with Gasteiger partial charge in [0.05, 0.1) is 20.7 Å². The fourth-order valence-electron chi connectivity index (χ4n) is 2.31. The van der Waals surface area contributed by atoms with Crippen molar-refractivity contribution in [2.24, 2.45) is 0 Å². The summed E-state index contributed by atoms with van der Waals surface area (Å²) in [6.07, 6.45) is 3.39. The summed E-state index contributed by atoms with van der Waals surface area (Å²) in [4.78, 5) is 24.4. The number of carboxylic acid groups (broad SMARTS) is 1. The molecule has 2 aromatic rings. The van der Waals surface area contributed by atoms with E-state index in [1.807, 2.05) is 0 Å². The number of benzene rings is 1. The van der Waals surface area contributed by atoms with Gasteiger partial charge in [0.15, 0.2) is 5.43 Å². The van der Waals surface area contributed by atoms with Crippen molar-refractivity contribution >= 4 is 48.6 Å². The van der Waals surface area contributed by atoms with E-state index in [0.29, 0.717) is 9.58 Å². The van der Waals surface area contributed by atoms with Gasteiger partial charge < -0.3 is 5.11 Å². The molecule has 0 radical (unpaired) electrons. The molecule has 1 aliphatic rings. The quantitative estimate of drug-likeness (QED) is 0.809. The minimum Gasteiger partial charge on any atom is -0.478 e. The second kappa shape index (κ2) is 4.94. The van der Waals surface area contributed by atoms with Crippen LogP contribution in [-0.2, 0) is 10.3 Å². The van der Waals surface area contributed by atoms with Crippen LogP contribution in [0.1, 0.15) is 27.2 Å². The Morgan fingerprint density at radius 1 is 1.29 bits per heavy atom. The molecule has 0 atom stereocenters. The zero-order chi connectivity index (χ0) is 15.1. The molecule has 1 heterocycles. The smallest absolute Gasteiger partial charge is 0.336 e. The van der Waals surface area contributed by atoms with Crippen LogP contribution in [0.4, 0.5) is 0 Å². The number of allylic oxidation sites excluding steroid dienone is 1. The van der Waals surface area contributed by atoms with E-state index >= 15 is 0 Å². The molecule has 0 saturated heterocycles. The Bertz CT molecular complexity index is 1000. The van der Waals surface area contributed by atoms with Crippen molar-refractivity contribution in [2.75, 3.05) is 0 Å². The van der Waals surface area contributed by atoms with Gasteiger partial charge in [-0.15, -0.1) is 11.3 Å². The predicted octanol–water partition coefficient (Wildman–Crippen LogP) is 1.78. The maximum absolute atomic E-state index is 12.5. The molecule has 5 nitrogen and oxygen atoms in total. The third-order valence-electron chi connectivity index (χ3n) is 3.23. The van der Waals surface area contributed by atoms with Crippen molar-refractivity contribution in [1.29, 1.82) is 0 Å². The first-order chi connectivity index (χ1) is 10.0. The third kappa shape index (κ3) is 2.10. The van der Waals surface area contributed by atoms with Gasteiger partial charge in [-0.1, -0.05) is 18.2 Å². The zero-order valence-electron chi connectivity index (χ0n) is 10.5. The minimum absolute atomic E-state index is 0.0691. The fraction of sp³-hybridized carbons (Fsp3) is 0.0714. The Kier molecular flexibility index (Phi) is 3.23. The Labute approximate surface area is 124 Å². The maximum Gasteiger partial charge on any atom is 0.336 e. The molecule has 0 saturated carbocycles. The van der Waals surface area contributed by atoms with Gasteiger partial charge in [0.25, 0.3) is 0 Å². The van der Waals surface area contributed by atoms with Crippen molar-refractivity contribution in [2.45, 2.75) is 6.42 Å². The van der Waals surface area contributed by atoms with E-state index in [1.54, 1.807) is 24.3 Å². The van der Waals surface area contributed by atoms with Gasteiger partial charge >= 0.3 is 5.97 Å². The van der Waals surface area contributed by atoms with Gasteiger partial charge in [-0.05, 0) is 12.1 Å². The van der Waals surface area contributed by atoms with E-state index in [-0.39, 0.29) is 27.8 Å². The molecule has 0 unspecified atom stereocenters. The van der Waals surface area contributed by atoms with E-state index in [2.05, 4.69) is 0 Å². The summed E-state index contributed by atoms with van der Waals surface area (Å²) >= 11 is 1.13. The second-order valence-corrected chi connectivity index (χ2v) is 6.44. The van der Waals surface area contributed by atoms with Gasteiger partial charge in [-0.3, -0.25) is 4.79 Å². The molecule has 21 heavy (non-hydrogen) atoms. The number of aromatic carboxylic acids is 1.